The number of hydrogen-bond donors (Lipinski definition) is 3. The van der Waals surface area contributed by atoms with Gasteiger partial charge in [0.15, 0.2) is 0 Å². The lowest BCUT2D eigenvalue weighted by atomic mass is 9.64. The molecule has 5 atom stereocenters. The normalized spacial score (nSPS) is 30.6. The SMILES string of the molecule is CC(C)(C)C(NC(=O)C(N)C1CCCCC1)C(=O)N1C[C@@H]2CCC[C@@H]2[C@@]1(C(=O)O)C(C)(C)C. The van der Waals surface area contributed by atoms with Crippen LogP contribution >= 0.6 is 0 Å². The quantitative estimate of drug-likeness (QED) is 0.577. The third-order valence-corrected chi connectivity index (χ3v) is 8.63. The van der Waals surface area contributed by atoms with Gasteiger partial charge in [0, 0.05) is 6.54 Å². The van der Waals surface area contributed by atoms with Crippen LogP contribution in [0.1, 0.15) is 92.9 Å². The van der Waals surface area contributed by atoms with Gasteiger partial charge in [-0.1, -0.05) is 67.2 Å². The maximum absolute atomic E-state index is 14.1. The van der Waals surface area contributed by atoms with E-state index in [0.717, 1.165) is 44.9 Å². The zero-order chi connectivity index (χ0) is 24.8. The van der Waals surface area contributed by atoms with Crippen molar-refractivity contribution in [1.29, 1.82) is 0 Å². The van der Waals surface area contributed by atoms with E-state index in [-0.39, 0.29) is 29.6 Å². The minimum absolute atomic E-state index is 0.0697. The first-order valence-electron chi connectivity index (χ1n) is 12.8. The first-order valence-corrected chi connectivity index (χ1v) is 12.8. The third-order valence-electron chi connectivity index (χ3n) is 8.63. The van der Waals surface area contributed by atoms with Crippen molar-refractivity contribution in [3.63, 3.8) is 0 Å². The summed E-state index contributed by atoms with van der Waals surface area (Å²) in [6.07, 6.45) is 7.96. The van der Waals surface area contributed by atoms with Crippen LogP contribution in [-0.4, -0.2) is 52.0 Å². The van der Waals surface area contributed by atoms with Gasteiger partial charge in [-0.3, -0.25) is 9.59 Å². The summed E-state index contributed by atoms with van der Waals surface area (Å²) >= 11 is 0. The topological polar surface area (TPSA) is 113 Å². The molecule has 2 aliphatic carbocycles. The summed E-state index contributed by atoms with van der Waals surface area (Å²) in [7, 11) is 0. The molecule has 3 aliphatic rings. The number of nitrogens with one attached hydrogen (secondary N) is 1. The number of carboxylic acids is 1. The van der Waals surface area contributed by atoms with E-state index in [1.807, 2.05) is 41.5 Å². The Hall–Kier alpha value is -1.63. The zero-order valence-corrected chi connectivity index (χ0v) is 21.4. The third kappa shape index (κ3) is 4.54. The van der Waals surface area contributed by atoms with Crippen LogP contribution in [0.15, 0.2) is 0 Å². The molecule has 0 aromatic rings. The van der Waals surface area contributed by atoms with E-state index in [2.05, 4.69) is 5.32 Å². The molecule has 2 amide bonds. The molecule has 7 heteroatoms. The Balaban J connectivity index is 1.92. The second-order valence-corrected chi connectivity index (χ2v) is 12.8. The molecule has 33 heavy (non-hydrogen) atoms. The number of carbonyl (C=O) groups is 3. The van der Waals surface area contributed by atoms with Crippen LogP contribution in [0, 0.1) is 28.6 Å². The van der Waals surface area contributed by atoms with E-state index in [1.165, 1.54) is 6.42 Å². The highest BCUT2D eigenvalue weighted by molar-refractivity contribution is 5.95. The first-order chi connectivity index (χ1) is 15.2. The van der Waals surface area contributed by atoms with Gasteiger partial charge in [-0.2, -0.15) is 0 Å². The first kappa shape index (κ1) is 26.0. The number of amides is 2. The van der Waals surface area contributed by atoms with Crippen molar-refractivity contribution in [2.24, 2.45) is 34.3 Å². The molecule has 0 spiro atoms. The number of fused-ring (bicyclic) bond motifs is 1. The van der Waals surface area contributed by atoms with Gasteiger partial charge in [0.05, 0.1) is 6.04 Å². The number of carboxylic acid groups (broad SMARTS) is 1. The molecule has 3 fully saturated rings. The van der Waals surface area contributed by atoms with Gasteiger partial charge in [0.2, 0.25) is 11.8 Å². The maximum atomic E-state index is 14.1. The second-order valence-electron chi connectivity index (χ2n) is 12.8. The summed E-state index contributed by atoms with van der Waals surface area (Å²) in [6, 6.07) is -1.48. The average molecular weight is 464 g/mol. The predicted molar refractivity (Wildman–Crippen MR) is 128 cm³/mol. The fourth-order valence-electron chi connectivity index (χ4n) is 6.95. The minimum Gasteiger partial charge on any atom is -0.479 e. The lowest BCUT2D eigenvalue weighted by molar-refractivity contribution is -0.170. The molecule has 4 N–H and O–H groups in total. The molecule has 0 radical (unpaired) electrons. The molecule has 188 valence electrons. The summed E-state index contributed by atoms with van der Waals surface area (Å²) in [4.78, 5) is 41.9. The second kappa shape index (κ2) is 9.20. The molecule has 1 saturated heterocycles. The van der Waals surface area contributed by atoms with Crippen LogP contribution in [0.3, 0.4) is 0 Å². The van der Waals surface area contributed by atoms with Gasteiger partial charge >= 0.3 is 5.97 Å². The summed E-state index contributed by atoms with van der Waals surface area (Å²) in [5, 5.41) is 13.6. The highest BCUT2D eigenvalue weighted by Crippen LogP contribution is 2.56. The van der Waals surface area contributed by atoms with Gasteiger partial charge in [0.1, 0.15) is 11.6 Å². The number of likely N-dealkylation sites (tertiary alicyclic amines) is 1. The van der Waals surface area contributed by atoms with Gasteiger partial charge in [-0.05, 0) is 54.3 Å². The Morgan fingerprint density at radius 2 is 1.58 bits per heavy atom. The van der Waals surface area contributed by atoms with E-state index in [4.69, 9.17) is 5.73 Å². The molecular weight excluding hydrogens is 418 g/mol. The zero-order valence-electron chi connectivity index (χ0n) is 21.4. The molecule has 2 unspecified atom stereocenters. The van der Waals surface area contributed by atoms with Crippen molar-refractivity contribution < 1.29 is 19.5 Å². The summed E-state index contributed by atoms with van der Waals surface area (Å²) in [6.45, 7) is 11.9. The van der Waals surface area contributed by atoms with Crippen LogP contribution < -0.4 is 11.1 Å². The van der Waals surface area contributed by atoms with Crippen LogP contribution in [0.5, 0.6) is 0 Å². The number of rotatable bonds is 5. The smallest absolute Gasteiger partial charge is 0.330 e. The van der Waals surface area contributed by atoms with Crippen LogP contribution in [0.25, 0.3) is 0 Å². The summed E-state index contributed by atoms with van der Waals surface area (Å²) in [5.74, 6) is -1.28. The Labute approximate surface area is 199 Å². The van der Waals surface area contributed by atoms with Crippen molar-refractivity contribution in [2.75, 3.05) is 6.54 Å². The van der Waals surface area contributed by atoms with E-state index in [9.17, 15) is 19.5 Å². The molecule has 7 nitrogen and oxygen atoms in total. The van der Waals surface area contributed by atoms with Crippen molar-refractivity contribution in [2.45, 2.75) is 111 Å². The van der Waals surface area contributed by atoms with Gasteiger partial charge in [0.25, 0.3) is 0 Å². The van der Waals surface area contributed by atoms with E-state index in [1.54, 1.807) is 4.90 Å². The molecule has 0 bridgehead atoms. The van der Waals surface area contributed by atoms with E-state index < -0.39 is 34.4 Å². The number of carbonyl (C=O) groups excluding carboxylic acids is 2. The predicted octanol–water partition coefficient (Wildman–Crippen LogP) is 3.55. The van der Waals surface area contributed by atoms with Gasteiger partial charge < -0.3 is 21.1 Å². The van der Waals surface area contributed by atoms with Gasteiger partial charge in [-0.25, -0.2) is 4.79 Å². The molecule has 2 saturated carbocycles. The van der Waals surface area contributed by atoms with Gasteiger partial charge in [-0.15, -0.1) is 0 Å². The highest BCUT2D eigenvalue weighted by atomic mass is 16.4. The molecule has 0 aromatic heterocycles. The Kier molecular flexibility index (Phi) is 7.24. The number of nitrogens with two attached hydrogens (primary N) is 1. The Bertz CT molecular complexity index is 762. The van der Waals surface area contributed by atoms with Crippen LogP contribution in [-0.2, 0) is 14.4 Å². The van der Waals surface area contributed by atoms with Crippen molar-refractivity contribution >= 4 is 17.8 Å². The Morgan fingerprint density at radius 1 is 0.970 bits per heavy atom. The Morgan fingerprint density at radius 3 is 2.09 bits per heavy atom. The minimum atomic E-state index is -1.29. The van der Waals surface area contributed by atoms with Crippen LogP contribution in [0.2, 0.25) is 0 Å². The fraction of sp³-hybridized carbons (Fsp3) is 0.885. The fourth-order valence-corrected chi connectivity index (χ4v) is 6.95. The summed E-state index contributed by atoms with van der Waals surface area (Å²) < 4.78 is 0. The monoisotopic (exact) mass is 463 g/mol. The largest absolute Gasteiger partial charge is 0.479 e. The average Bonchev–Trinajstić information content (AvgIpc) is 3.29. The van der Waals surface area contributed by atoms with Crippen LogP contribution in [0.4, 0.5) is 0 Å². The molecule has 3 rings (SSSR count). The maximum Gasteiger partial charge on any atom is 0.330 e. The number of aliphatic carboxylic acids is 1. The lowest BCUT2D eigenvalue weighted by Gasteiger charge is -2.49. The standard InChI is InChI=1S/C26H45N3O4/c1-24(2,3)20(28-21(30)19(27)16-11-8-7-9-12-16)22(31)29-15-17-13-10-14-18(17)26(29,23(32)33)25(4,5)6/h16-20H,7-15,27H2,1-6H3,(H,28,30)(H,32,33)/t17-,18-,19?,20?,26+/m0/s1. The molecular formula is C26H45N3O4. The highest BCUT2D eigenvalue weighted by Gasteiger charge is 2.67. The molecule has 1 aliphatic heterocycles. The summed E-state index contributed by atoms with van der Waals surface area (Å²) in [5.41, 5.74) is 3.83. The molecule has 1 heterocycles. The molecule has 0 aromatic carbocycles. The number of hydrogen-bond acceptors (Lipinski definition) is 4. The van der Waals surface area contributed by atoms with Crippen molar-refractivity contribution in [3.8, 4) is 0 Å². The van der Waals surface area contributed by atoms with E-state index >= 15 is 0 Å². The van der Waals surface area contributed by atoms with E-state index in [0.29, 0.717) is 6.54 Å². The van der Waals surface area contributed by atoms with Crippen molar-refractivity contribution in [3.05, 3.63) is 0 Å². The number of nitrogens with zero attached hydrogens (tertiary/aromatic N) is 1. The van der Waals surface area contributed by atoms with Crippen molar-refractivity contribution in [1.82, 2.24) is 10.2 Å². The lowest BCUT2D eigenvalue weighted by Crippen LogP contribution is -2.68.